The second-order valence-corrected chi connectivity index (χ2v) is 5.63. The van der Waals surface area contributed by atoms with Gasteiger partial charge in [0.1, 0.15) is 0 Å². The minimum absolute atomic E-state index is 0.0579. The van der Waals surface area contributed by atoms with Gasteiger partial charge in [0.15, 0.2) is 4.77 Å². The van der Waals surface area contributed by atoms with E-state index in [2.05, 4.69) is 16.9 Å². The van der Waals surface area contributed by atoms with Gasteiger partial charge < -0.3 is 9.88 Å². The third kappa shape index (κ3) is 3.21. The lowest BCUT2D eigenvalue weighted by molar-refractivity contribution is 0.0737. The number of hydrogen-bond donors (Lipinski definition) is 2. The molecule has 0 saturated heterocycles. The number of aromatic nitrogens is 2. The summed E-state index contributed by atoms with van der Waals surface area (Å²) in [5.41, 5.74) is 0.871. The molecule has 5 nitrogen and oxygen atoms in total. The lowest BCUT2D eigenvalue weighted by atomic mass is 10.1. The molecule has 0 fully saturated rings. The highest BCUT2D eigenvalue weighted by atomic mass is 32.1. The van der Waals surface area contributed by atoms with Crippen LogP contribution in [0.5, 0.6) is 0 Å². The van der Waals surface area contributed by atoms with Gasteiger partial charge in [-0.05, 0) is 43.8 Å². The van der Waals surface area contributed by atoms with E-state index in [0.29, 0.717) is 16.5 Å². The van der Waals surface area contributed by atoms with Gasteiger partial charge in [0.05, 0.1) is 10.9 Å². The third-order valence-corrected chi connectivity index (χ3v) is 3.88. The quantitative estimate of drug-likeness (QED) is 0.853. The Kier molecular flexibility index (Phi) is 4.57. The molecule has 0 bridgehead atoms. The third-order valence-electron chi connectivity index (χ3n) is 3.67. The zero-order valence-electron chi connectivity index (χ0n) is 12.4. The summed E-state index contributed by atoms with van der Waals surface area (Å²) in [4.78, 5) is 31.4. The van der Waals surface area contributed by atoms with Crippen molar-refractivity contribution in [1.29, 1.82) is 0 Å². The van der Waals surface area contributed by atoms with Crippen molar-refractivity contribution in [3.63, 3.8) is 0 Å². The minimum Gasteiger partial charge on any atom is -0.339 e. The zero-order chi connectivity index (χ0) is 15.6. The Hall–Kier alpha value is -1.95. The highest BCUT2D eigenvalue weighted by Crippen LogP contribution is 2.14. The molecule has 0 aliphatic carbocycles. The van der Waals surface area contributed by atoms with Crippen LogP contribution in [0.3, 0.4) is 0 Å². The second-order valence-electron chi connectivity index (χ2n) is 5.22. The van der Waals surface area contributed by atoms with E-state index < -0.39 is 0 Å². The van der Waals surface area contributed by atoms with Crippen molar-refractivity contribution in [1.82, 2.24) is 14.9 Å². The fraction of sp³-hybridized carbons (Fsp3) is 0.400. The van der Waals surface area contributed by atoms with Gasteiger partial charge in [-0.3, -0.25) is 14.6 Å². The Bertz CT molecular complexity index is 778. The van der Waals surface area contributed by atoms with Crippen molar-refractivity contribution < 1.29 is 4.79 Å². The van der Waals surface area contributed by atoms with Gasteiger partial charge in [-0.2, -0.15) is 0 Å². The van der Waals surface area contributed by atoms with Gasteiger partial charge in [0.25, 0.3) is 11.5 Å². The minimum atomic E-state index is -0.250. The topological polar surface area (TPSA) is 69.0 Å². The van der Waals surface area contributed by atoms with Crippen molar-refractivity contribution in [2.45, 2.75) is 32.7 Å². The summed E-state index contributed by atoms with van der Waals surface area (Å²) in [7, 11) is 1.80. The maximum Gasteiger partial charge on any atom is 0.259 e. The molecule has 0 aliphatic rings. The van der Waals surface area contributed by atoms with Crippen LogP contribution in [0.2, 0.25) is 0 Å². The number of rotatable bonds is 4. The number of H-pyrrole nitrogens is 2. The molecule has 2 aromatic rings. The zero-order valence-corrected chi connectivity index (χ0v) is 13.2. The number of nitrogens with one attached hydrogen (secondary N) is 2. The van der Waals surface area contributed by atoms with E-state index in [9.17, 15) is 9.59 Å². The largest absolute Gasteiger partial charge is 0.339 e. The molecule has 1 heterocycles. The van der Waals surface area contributed by atoms with Crippen LogP contribution in [0.4, 0.5) is 0 Å². The molecule has 2 N–H and O–H groups in total. The van der Waals surface area contributed by atoms with Gasteiger partial charge in [-0.25, -0.2) is 0 Å². The first kappa shape index (κ1) is 15.4. The Labute approximate surface area is 128 Å². The number of benzene rings is 1. The number of carbonyl (C=O) groups excluding carboxylic acids is 1. The van der Waals surface area contributed by atoms with E-state index in [1.165, 1.54) is 0 Å². The number of carbonyl (C=O) groups is 1. The van der Waals surface area contributed by atoms with Crippen molar-refractivity contribution in [3.8, 4) is 0 Å². The second kappa shape index (κ2) is 6.22. The average molecular weight is 305 g/mol. The Balaban J connectivity index is 2.41. The highest BCUT2D eigenvalue weighted by molar-refractivity contribution is 7.71. The lowest BCUT2D eigenvalue weighted by Crippen LogP contribution is -2.35. The van der Waals surface area contributed by atoms with Crippen molar-refractivity contribution >= 4 is 29.0 Å². The molecule has 1 unspecified atom stereocenters. The standard InChI is InChI=1S/C15H19N3O2S/c1-4-5-9(2)18(3)14(20)10-6-7-11-12(8-10)16-15(21)17-13(11)19/h6-9H,4-5H2,1-3H3,(H2,16,17,19,21). The predicted octanol–water partition coefficient (Wildman–Crippen LogP) is 2.85. The molecule has 6 heteroatoms. The predicted molar refractivity (Wildman–Crippen MR) is 86.2 cm³/mol. The van der Waals surface area contributed by atoms with Crippen LogP contribution in [-0.2, 0) is 0 Å². The normalized spacial score (nSPS) is 12.3. The van der Waals surface area contributed by atoms with E-state index in [4.69, 9.17) is 12.2 Å². The molecule has 0 spiro atoms. The van der Waals surface area contributed by atoms with E-state index in [0.717, 1.165) is 12.8 Å². The van der Waals surface area contributed by atoms with Crippen LogP contribution in [0.25, 0.3) is 10.9 Å². The fourth-order valence-electron chi connectivity index (χ4n) is 2.32. The van der Waals surface area contributed by atoms with Crippen LogP contribution in [0.1, 0.15) is 37.0 Å². The molecule has 1 aromatic carbocycles. The number of nitrogens with zero attached hydrogens (tertiary/aromatic N) is 1. The number of aromatic amines is 2. The molecule has 112 valence electrons. The molecule has 0 saturated carbocycles. The van der Waals surface area contributed by atoms with Crippen molar-refractivity contribution in [2.24, 2.45) is 0 Å². The molecule has 0 aliphatic heterocycles. The van der Waals surface area contributed by atoms with Crippen molar-refractivity contribution in [2.75, 3.05) is 7.05 Å². The first-order valence-corrected chi connectivity index (χ1v) is 7.38. The number of fused-ring (bicyclic) bond motifs is 1. The smallest absolute Gasteiger partial charge is 0.259 e. The molecular formula is C15H19N3O2S. The average Bonchev–Trinajstić information content (AvgIpc) is 2.45. The van der Waals surface area contributed by atoms with E-state index in [-0.39, 0.29) is 22.3 Å². The number of amides is 1. The SMILES string of the molecule is CCCC(C)N(C)C(=O)c1ccc2c(=O)[nH]c(=S)[nH]c2c1. The van der Waals surface area contributed by atoms with Crippen LogP contribution in [0, 0.1) is 4.77 Å². The van der Waals surface area contributed by atoms with Crippen molar-refractivity contribution in [3.05, 3.63) is 38.9 Å². The Morgan fingerprint density at radius 2 is 2.10 bits per heavy atom. The first-order chi connectivity index (χ1) is 9.93. The molecule has 1 aromatic heterocycles. The fourth-order valence-corrected chi connectivity index (χ4v) is 2.52. The first-order valence-electron chi connectivity index (χ1n) is 6.97. The van der Waals surface area contributed by atoms with Crippen LogP contribution in [-0.4, -0.2) is 33.9 Å². The van der Waals surface area contributed by atoms with Gasteiger partial charge in [0.2, 0.25) is 0 Å². The monoisotopic (exact) mass is 305 g/mol. The van der Waals surface area contributed by atoms with E-state index in [1.807, 2.05) is 6.92 Å². The Morgan fingerprint density at radius 3 is 2.76 bits per heavy atom. The summed E-state index contributed by atoms with van der Waals surface area (Å²) in [5, 5.41) is 0.490. The lowest BCUT2D eigenvalue weighted by Gasteiger charge is -2.24. The van der Waals surface area contributed by atoms with E-state index in [1.54, 1.807) is 30.1 Å². The maximum atomic E-state index is 12.5. The van der Waals surface area contributed by atoms with Gasteiger partial charge >= 0.3 is 0 Å². The summed E-state index contributed by atoms with van der Waals surface area (Å²) in [5.74, 6) is -0.0579. The maximum absolute atomic E-state index is 12.5. The molecule has 1 amide bonds. The van der Waals surface area contributed by atoms with Gasteiger partial charge in [-0.1, -0.05) is 13.3 Å². The molecule has 2 rings (SSSR count). The van der Waals surface area contributed by atoms with Gasteiger partial charge in [0, 0.05) is 18.7 Å². The van der Waals surface area contributed by atoms with Gasteiger partial charge in [-0.15, -0.1) is 0 Å². The summed E-state index contributed by atoms with van der Waals surface area (Å²) in [6.07, 6.45) is 1.98. The summed E-state index contributed by atoms with van der Waals surface area (Å²) in [6, 6.07) is 5.17. The molecular weight excluding hydrogens is 286 g/mol. The summed E-state index contributed by atoms with van der Waals surface area (Å²) in [6.45, 7) is 4.12. The number of hydrogen-bond acceptors (Lipinski definition) is 3. The highest BCUT2D eigenvalue weighted by Gasteiger charge is 2.17. The molecule has 21 heavy (non-hydrogen) atoms. The summed E-state index contributed by atoms with van der Waals surface area (Å²) >= 11 is 4.96. The molecule has 0 radical (unpaired) electrons. The van der Waals surface area contributed by atoms with Crippen LogP contribution in [0.15, 0.2) is 23.0 Å². The van der Waals surface area contributed by atoms with E-state index >= 15 is 0 Å². The summed E-state index contributed by atoms with van der Waals surface area (Å²) < 4.78 is 0.254. The van der Waals surface area contributed by atoms with Crippen LogP contribution < -0.4 is 5.56 Å². The molecule has 1 atom stereocenters. The van der Waals surface area contributed by atoms with Crippen LogP contribution >= 0.6 is 12.2 Å². The Morgan fingerprint density at radius 1 is 1.38 bits per heavy atom.